The molecule has 1 N–H and O–H groups in total. The third-order valence-electron chi connectivity index (χ3n) is 4.25. The number of halogens is 1. The molecule has 1 nitrogen and oxygen atoms in total. The predicted octanol–water partition coefficient (Wildman–Crippen LogP) is 4.51. The average Bonchev–Trinajstić information content (AvgIpc) is 2.48. The zero-order chi connectivity index (χ0) is 13.9. The van der Waals surface area contributed by atoms with Crippen molar-refractivity contribution in [3.05, 3.63) is 70.2 Å². The van der Waals surface area contributed by atoms with E-state index in [0.717, 1.165) is 18.1 Å². The molecule has 0 aromatic heterocycles. The fourth-order valence-corrected chi connectivity index (χ4v) is 3.34. The molecule has 3 rings (SSSR count). The van der Waals surface area contributed by atoms with E-state index in [4.69, 9.17) is 11.6 Å². The van der Waals surface area contributed by atoms with Crippen LogP contribution >= 0.6 is 11.6 Å². The molecule has 104 valence electrons. The van der Waals surface area contributed by atoms with Crippen molar-refractivity contribution in [1.82, 2.24) is 5.32 Å². The molecule has 0 aliphatic carbocycles. The van der Waals surface area contributed by atoms with Gasteiger partial charge in [0.25, 0.3) is 0 Å². The number of aryl methyl sites for hydroxylation is 1. The summed E-state index contributed by atoms with van der Waals surface area (Å²) in [6, 6.07) is 17.3. The molecule has 0 amide bonds. The van der Waals surface area contributed by atoms with Crippen LogP contribution in [0.5, 0.6) is 0 Å². The van der Waals surface area contributed by atoms with Gasteiger partial charge < -0.3 is 5.32 Å². The van der Waals surface area contributed by atoms with E-state index in [2.05, 4.69) is 48.6 Å². The summed E-state index contributed by atoms with van der Waals surface area (Å²) >= 11 is 6.01. The van der Waals surface area contributed by atoms with E-state index >= 15 is 0 Å². The van der Waals surface area contributed by atoms with Crippen molar-refractivity contribution < 1.29 is 0 Å². The summed E-state index contributed by atoms with van der Waals surface area (Å²) in [5.74, 6) is 1.13. The minimum absolute atomic E-state index is 0.546. The first-order chi connectivity index (χ1) is 9.74. The van der Waals surface area contributed by atoms with Gasteiger partial charge in [0, 0.05) is 17.5 Å². The Morgan fingerprint density at radius 3 is 2.55 bits per heavy atom. The average molecular weight is 286 g/mol. The Hall–Kier alpha value is -1.31. The third kappa shape index (κ3) is 2.89. The Morgan fingerprint density at radius 1 is 1.00 bits per heavy atom. The number of nitrogens with one attached hydrogen (secondary N) is 1. The van der Waals surface area contributed by atoms with Crippen molar-refractivity contribution in [2.24, 2.45) is 0 Å². The molecule has 1 aliphatic heterocycles. The Labute approximate surface area is 126 Å². The minimum Gasteiger partial charge on any atom is -0.316 e. The number of rotatable bonds is 2. The van der Waals surface area contributed by atoms with Crippen LogP contribution in [0.25, 0.3) is 0 Å². The van der Waals surface area contributed by atoms with E-state index in [1.165, 1.54) is 23.1 Å². The van der Waals surface area contributed by atoms with Gasteiger partial charge in [0.1, 0.15) is 0 Å². The maximum absolute atomic E-state index is 6.01. The first kappa shape index (κ1) is 13.7. The minimum atomic E-state index is 0.546. The molecule has 20 heavy (non-hydrogen) atoms. The van der Waals surface area contributed by atoms with E-state index < -0.39 is 0 Å². The normalized spacial score (nSPS) is 22.7. The summed E-state index contributed by atoms with van der Waals surface area (Å²) in [5, 5.41) is 4.35. The van der Waals surface area contributed by atoms with Crippen molar-refractivity contribution in [3.8, 4) is 0 Å². The van der Waals surface area contributed by atoms with Gasteiger partial charge in [-0.05, 0) is 49.1 Å². The van der Waals surface area contributed by atoms with E-state index in [9.17, 15) is 0 Å². The number of benzene rings is 2. The van der Waals surface area contributed by atoms with Crippen LogP contribution in [0.1, 0.15) is 34.9 Å². The molecule has 0 saturated carbocycles. The van der Waals surface area contributed by atoms with Gasteiger partial charge in [-0.2, -0.15) is 0 Å². The van der Waals surface area contributed by atoms with Crippen molar-refractivity contribution >= 4 is 11.6 Å². The second-order valence-corrected chi connectivity index (χ2v) is 6.11. The lowest BCUT2D eigenvalue weighted by Gasteiger charge is -2.33. The molecule has 1 aliphatic rings. The van der Waals surface area contributed by atoms with Crippen LogP contribution in [0, 0.1) is 6.92 Å². The Kier molecular flexibility index (Phi) is 4.09. The third-order valence-corrected chi connectivity index (χ3v) is 4.50. The van der Waals surface area contributed by atoms with Gasteiger partial charge in [-0.3, -0.25) is 0 Å². The van der Waals surface area contributed by atoms with Crippen LogP contribution in [-0.4, -0.2) is 13.1 Å². The predicted molar refractivity (Wildman–Crippen MR) is 85.6 cm³/mol. The highest BCUT2D eigenvalue weighted by Crippen LogP contribution is 2.37. The quantitative estimate of drug-likeness (QED) is 0.856. The van der Waals surface area contributed by atoms with Gasteiger partial charge in [0.05, 0.1) is 0 Å². The summed E-state index contributed by atoms with van der Waals surface area (Å²) < 4.78 is 0. The van der Waals surface area contributed by atoms with Crippen LogP contribution in [0.15, 0.2) is 48.5 Å². The lowest BCUT2D eigenvalue weighted by atomic mass is 9.77. The van der Waals surface area contributed by atoms with Crippen molar-refractivity contribution in [3.63, 3.8) is 0 Å². The highest BCUT2D eigenvalue weighted by atomic mass is 35.5. The monoisotopic (exact) mass is 285 g/mol. The maximum Gasteiger partial charge on any atom is 0.0406 e. The zero-order valence-corrected chi connectivity index (χ0v) is 12.5. The van der Waals surface area contributed by atoms with Crippen LogP contribution < -0.4 is 5.32 Å². The highest BCUT2D eigenvalue weighted by Gasteiger charge is 2.27. The SMILES string of the molecule is Cc1cccc(C2CNCCC2c2ccc(Cl)cc2)c1. The second-order valence-electron chi connectivity index (χ2n) is 5.67. The molecular formula is C18H20ClN. The van der Waals surface area contributed by atoms with Gasteiger partial charge in [-0.1, -0.05) is 53.6 Å². The van der Waals surface area contributed by atoms with Crippen molar-refractivity contribution in [1.29, 1.82) is 0 Å². The summed E-state index contributed by atoms with van der Waals surface area (Å²) in [7, 11) is 0. The lowest BCUT2D eigenvalue weighted by Crippen LogP contribution is -2.34. The van der Waals surface area contributed by atoms with Gasteiger partial charge in [0.2, 0.25) is 0 Å². The summed E-state index contributed by atoms with van der Waals surface area (Å²) in [4.78, 5) is 0. The zero-order valence-electron chi connectivity index (χ0n) is 11.8. The molecule has 2 aromatic carbocycles. The van der Waals surface area contributed by atoms with Crippen LogP contribution in [-0.2, 0) is 0 Å². The lowest BCUT2D eigenvalue weighted by molar-refractivity contribution is 0.404. The molecule has 2 heteroatoms. The largest absolute Gasteiger partial charge is 0.316 e. The molecule has 2 atom stereocenters. The number of hydrogen-bond acceptors (Lipinski definition) is 1. The molecule has 0 spiro atoms. The molecule has 1 heterocycles. The molecule has 0 radical (unpaired) electrons. The Bertz CT molecular complexity index is 576. The Balaban J connectivity index is 1.93. The van der Waals surface area contributed by atoms with Gasteiger partial charge in [-0.15, -0.1) is 0 Å². The smallest absolute Gasteiger partial charge is 0.0406 e. The van der Waals surface area contributed by atoms with E-state index in [1.54, 1.807) is 0 Å². The molecule has 2 aromatic rings. The number of piperidine rings is 1. The van der Waals surface area contributed by atoms with Gasteiger partial charge in [-0.25, -0.2) is 0 Å². The summed E-state index contributed by atoms with van der Waals surface area (Å²) in [6.07, 6.45) is 1.18. The first-order valence-corrected chi connectivity index (χ1v) is 7.64. The fraction of sp³-hybridized carbons (Fsp3) is 0.333. The van der Waals surface area contributed by atoms with Crippen molar-refractivity contribution in [2.45, 2.75) is 25.2 Å². The molecule has 0 bridgehead atoms. The highest BCUT2D eigenvalue weighted by molar-refractivity contribution is 6.30. The second kappa shape index (κ2) is 5.99. The van der Waals surface area contributed by atoms with Crippen LogP contribution in [0.3, 0.4) is 0 Å². The summed E-state index contributed by atoms with van der Waals surface area (Å²) in [6.45, 7) is 4.31. The number of hydrogen-bond donors (Lipinski definition) is 1. The summed E-state index contributed by atoms with van der Waals surface area (Å²) in [5.41, 5.74) is 4.18. The van der Waals surface area contributed by atoms with Crippen molar-refractivity contribution in [2.75, 3.05) is 13.1 Å². The molecule has 2 unspecified atom stereocenters. The molecule has 1 saturated heterocycles. The molecule has 1 fully saturated rings. The van der Waals surface area contributed by atoms with Gasteiger partial charge >= 0.3 is 0 Å². The molecular weight excluding hydrogens is 266 g/mol. The van der Waals surface area contributed by atoms with E-state index in [-0.39, 0.29) is 0 Å². The van der Waals surface area contributed by atoms with Crippen LogP contribution in [0.2, 0.25) is 5.02 Å². The fourth-order valence-electron chi connectivity index (χ4n) is 3.22. The first-order valence-electron chi connectivity index (χ1n) is 7.27. The maximum atomic E-state index is 6.01. The van der Waals surface area contributed by atoms with E-state index in [1.807, 2.05) is 12.1 Å². The standard InChI is InChI=1S/C18H20ClN/c1-13-3-2-4-15(11-13)18-12-20-10-9-17(18)14-5-7-16(19)8-6-14/h2-8,11,17-18,20H,9-10,12H2,1H3. The topological polar surface area (TPSA) is 12.0 Å². The Morgan fingerprint density at radius 2 is 1.80 bits per heavy atom. The van der Waals surface area contributed by atoms with E-state index in [0.29, 0.717) is 11.8 Å². The van der Waals surface area contributed by atoms with Gasteiger partial charge in [0.15, 0.2) is 0 Å². The van der Waals surface area contributed by atoms with Crippen LogP contribution in [0.4, 0.5) is 0 Å².